The average Bonchev–Trinajstić information content (AvgIpc) is 3.17. The quantitative estimate of drug-likeness (QED) is 0.420. The Bertz CT molecular complexity index is 1140. The van der Waals surface area contributed by atoms with E-state index in [0.717, 1.165) is 48.1 Å². The molecule has 0 bridgehead atoms. The fourth-order valence-electron chi connectivity index (χ4n) is 4.52. The minimum absolute atomic E-state index is 0.253. The topological polar surface area (TPSA) is 32.9 Å². The molecule has 0 amide bonds. The van der Waals surface area contributed by atoms with Gasteiger partial charge in [-0.25, -0.2) is 0 Å². The van der Waals surface area contributed by atoms with Crippen molar-refractivity contribution in [2.24, 2.45) is 0 Å². The van der Waals surface area contributed by atoms with E-state index in [0.29, 0.717) is 6.42 Å². The Kier molecular flexibility index (Phi) is 6.36. The number of carbonyl (C=O) groups excluding carboxylic acids is 1. The summed E-state index contributed by atoms with van der Waals surface area (Å²) in [6.45, 7) is 6.35. The highest BCUT2D eigenvalue weighted by atomic mass is 16.1. The summed E-state index contributed by atoms with van der Waals surface area (Å²) in [7, 11) is 0. The Morgan fingerprint density at radius 2 is 1.77 bits per heavy atom. The van der Waals surface area contributed by atoms with Crippen molar-refractivity contribution in [3.05, 3.63) is 99.8 Å². The summed E-state index contributed by atoms with van der Waals surface area (Å²) in [5.41, 5.74) is 10.7. The van der Waals surface area contributed by atoms with Crippen LogP contribution in [0.4, 0.5) is 0 Å². The van der Waals surface area contributed by atoms with Crippen LogP contribution in [0.3, 0.4) is 0 Å². The SMILES string of the molecule is CCc1cccc(C)c1C(=O)CCC1=Cc2cc(-c3ccccc3)[nH]c2CCC(C)=C1. The summed E-state index contributed by atoms with van der Waals surface area (Å²) < 4.78 is 0. The molecule has 1 aliphatic rings. The molecule has 2 heteroatoms. The zero-order valence-electron chi connectivity index (χ0n) is 18.8. The number of hydrogen-bond acceptors (Lipinski definition) is 1. The highest BCUT2D eigenvalue weighted by molar-refractivity contribution is 5.99. The second-order valence-electron chi connectivity index (χ2n) is 8.58. The minimum atomic E-state index is 0.253. The Hall–Kier alpha value is -3.13. The summed E-state index contributed by atoms with van der Waals surface area (Å²) in [5, 5.41) is 0. The molecule has 31 heavy (non-hydrogen) atoms. The Morgan fingerprint density at radius 1 is 0.968 bits per heavy atom. The first-order valence-corrected chi connectivity index (χ1v) is 11.3. The molecule has 0 unspecified atom stereocenters. The largest absolute Gasteiger partial charge is 0.358 e. The van der Waals surface area contributed by atoms with Gasteiger partial charge in [0.05, 0.1) is 0 Å². The molecule has 1 heterocycles. The van der Waals surface area contributed by atoms with Crippen LogP contribution >= 0.6 is 0 Å². The van der Waals surface area contributed by atoms with Gasteiger partial charge in [0.25, 0.3) is 0 Å². The van der Waals surface area contributed by atoms with Crippen LogP contribution in [0.25, 0.3) is 17.3 Å². The molecule has 2 aromatic carbocycles. The lowest BCUT2D eigenvalue weighted by Crippen LogP contribution is -2.06. The number of ketones is 1. The van der Waals surface area contributed by atoms with E-state index in [2.05, 4.69) is 67.4 Å². The number of nitrogens with one attached hydrogen (secondary N) is 1. The Labute approximate surface area is 185 Å². The van der Waals surface area contributed by atoms with Gasteiger partial charge < -0.3 is 4.98 Å². The first-order valence-electron chi connectivity index (χ1n) is 11.3. The number of H-pyrrole nitrogens is 1. The van der Waals surface area contributed by atoms with E-state index >= 15 is 0 Å². The van der Waals surface area contributed by atoms with Crippen LogP contribution in [0.15, 0.2) is 71.8 Å². The van der Waals surface area contributed by atoms with Gasteiger partial charge in [0, 0.05) is 23.4 Å². The normalized spacial score (nSPS) is 13.6. The molecular weight excluding hydrogens is 378 g/mol. The first-order chi connectivity index (χ1) is 15.0. The van der Waals surface area contributed by atoms with Crippen LogP contribution in [0, 0.1) is 6.92 Å². The molecule has 1 aliphatic carbocycles. The minimum Gasteiger partial charge on any atom is -0.358 e. The van der Waals surface area contributed by atoms with Gasteiger partial charge >= 0.3 is 0 Å². The summed E-state index contributed by atoms with van der Waals surface area (Å²) in [6, 6.07) is 18.9. The van der Waals surface area contributed by atoms with Crippen LogP contribution in [0.5, 0.6) is 0 Å². The Morgan fingerprint density at radius 3 is 2.55 bits per heavy atom. The lowest BCUT2D eigenvalue weighted by molar-refractivity contribution is 0.0981. The van der Waals surface area contributed by atoms with Crippen LogP contribution in [0.1, 0.15) is 65.9 Å². The van der Waals surface area contributed by atoms with E-state index < -0.39 is 0 Å². The number of allylic oxidation sites excluding steroid dienone is 3. The summed E-state index contributed by atoms with van der Waals surface area (Å²) in [4.78, 5) is 16.7. The first kappa shape index (κ1) is 21.1. The van der Waals surface area contributed by atoms with Crippen molar-refractivity contribution < 1.29 is 4.79 Å². The van der Waals surface area contributed by atoms with Gasteiger partial charge in [-0.2, -0.15) is 0 Å². The third kappa shape index (κ3) is 4.80. The van der Waals surface area contributed by atoms with Crippen molar-refractivity contribution in [2.45, 2.75) is 52.9 Å². The highest BCUT2D eigenvalue weighted by Crippen LogP contribution is 2.29. The van der Waals surface area contributed by atoms with Gasteiger partial charge in [-0.1, -0.05) is 67.1 Å². The maximum Gasteiger partial charge on any atom is 0.163 e. The van der Waals surface area contributed by atoms with Gasteiger partial charge in [-0.15, -0.1) is 0 Å². The van der Waals surface area contributed by atoms with Crippen molar-refractivity contribution in [2.75, 3.05) is 0 Å². The maximum absolute atomic E-state index is 13.1. The van der Waals surface area contributed by atoms with Gasteiger partial charge in [-0.3, -0.25) is 4.79 Å². The van der Waals surface area contributed by atoms with Crippen molar-refractivity contribution in [1.29, 1.82) is 0 Å². The van der Waals surface area contributed by atoms with E-state index in [-0.39, 0.29) is 5.78 Å². The number of fused-ring (bicyclic) bond motifs is 1. The number of hydrogen-bond donors (Lipinski definition) is 1. The molecule has 0 atom stereocenters. The fourth-order valence-corrected chi connectivity index (χ4v) is 4.52. The van der Waals surface area contributed by atoms with Crippen molar-refractivity contribution in [3.8, 4) is 11.3 Å². The zero-order valence-corrected chi connectivity index (χ0v) is 18.8. The van der Waals surface area contributed by atoms with Crippen LogP contribution < -0.4 is 0 Å². The average molecular weight is 410 g/mol. The van der Waals surface area contributed by atoms with Crippen LogP contribution in [0.2, 0.25) is 0 Å². The number of Topliss-reactive ketones (excluding diaryl/α,β-unsaturated/α-hetero) is 1. The van der Waals surface area contributed by atoms with E-state index in [4.69, 9.17) is 0 Å². The van der Waals surface area contributed by atoms with E-state index in [1.165, 1.54) is 28.0 Å². The second-order valence-corrected chi connectivity index (χ2v) is 8.58. The van der Waals surface area contributed by atoms with Crippen molar-refractivity contribution in [1.82, 2.24) is 4.98 Å². The highest BCUT2D eigenvalue weighted by Gasteiger charge is 2.15. The maximum atomic E-state index is 13.1. The third-order valence-electron chi connectivity index (χ3n) is 6.22. The van der Waals surface area contributed by atoms with E-state index in [1.807, 2.05) is 25.1 Å². The summed E-state index contributed by atoms with van der Waals surface area (Å²) in [5.74, 6) is 0.253. The van der Waals surface area contributed by atoms with E-state index in [1.54, 1.807) is 0 Å². The molecule has 1 aromatic heterocycles. The number of carbonyl (C=O) groups is 1. The second kappa shape index (κ2) is 9.34. The van der Waals surface area contributed by atoms with Gasteiger partial charge in [-0.05, 0) is 79.5 Å². The molecular formula is C29H31NO. The fraction of sp³-hybridized carbons (Fsp3) is 0.276. The van der Waals surface area contributed by atoms with Crippen LogP contribution in [-0.4, -0.2) is 10.8 Å². The number of aromatic nitrogens is 1. The molecule has 0 saturated carbocycles. The zero-order chi connectivity index (χ0) is 21.8. The van der Waals surface area contributed by atoms with Crippen molar-refractivity contribution in [3.63, 3.8) is 0 Å². The summed E-state index contributed by atoms with van der Waals surface area (Å²) in [6.07, 6.45) is 8.79. The molecule has 158 valence electrons. The predicted octanol–water partition coefficient (Wildman–Crippen LogP) is 7.49. The van der Waals surface area contributed by atoms with Gasteiger partial charge in [0.2, 0.25) is 0 Å². The van der Waals surface area contributed by atoms with Gasteiger partial charge in [0.15, 0.2) is 5.78 Å². The van der Waals surface area contributed by atoms with Crippen LogP contribution in [-0.2, 0) is 12.8 Å². The molecule has 0 radical (unpaired) electrons. The third-order valence-corrected chi connectivity index (χ3v) is 6.22. The molecule has 0 fully saturated rings. The smallest absolute Gasteiger partial charge is 0.163 e. The molecule has 4 rings (SSSR count). The Balaban J connectivity index is 1.59. The standard InChI is InChI=1S/C29H31NO/c1-4-23-12-8-9-21(3)29(23)28(31)16-14-22-17-20(2)13-15-26-25(18-22)19-27(30-26)24-10-6-5-7-11-24/h5-12,17-19,30H,4,13-16H2,1-3H3. The molecule has 0 spiro atoms. The summed E-state index contributed by atoms with van der Waals surface area (Å²) >= 11 is 0. The number of aromatic amines is 1. The molecule has 1 N–H and O–H groups in total. The van der Waals surface area contributed by atoms with Crippen molar-refractivity contribution >= 4 is 11.9 Å². The predicted molar refractivity (Wildman–Crippen MR) is 130 cm³/mol. The molecule has 0 aliphatic heterocycles. The lowest BCUT2D eigenvalue weighted by atomic mass is 9.92. The monoisotopic (exact) mass is 409 g/mol. The molecule has 0 saturated heterocycles. The molecule has 2 nitrogen and oxygen atoms in total. The van der Waals surface area contributed by atoms with Gasteiger partial charge in [0.1, 0.15) is 0 Å². The lowest BCUT2D eigenvalue weighted by Gasteiger charge is -2.13. The number of benzene rings is 2. The van der Waals surface area contributed by atoms with E-state index in [9.17, 15) is 4.79 Å². The number of aryl methyl sites for hydroxylation is 3. The number of rotatable bonds is 6. The molecule has 3 aromatic rings.